The topological polar surface area (TPSA) is 40.9 Å². The van der Waals surface area contributed by atoms with Gasteiger partial charge < -0.3 is 0 Å². The molecule has 0 aliphatic rings. The van der Waals surface area contributed by atoms with Gasteiger partial charge in [0.05, 0.1) is 9.73 Å². The Morgan fingerprint density at radius 2 is 1.91 bits per heavy atom. The average molecular weight is 169 g/mol. The third-order valence-electron chi connectivity index (χ3n) is 1.51. The molecule has 0 saturated carbocycles. The molecule has 1 atom stereocenters. The van der Waals surface area contributed by atoms with Crippen molar-refractivity contribution < 1.29 is 4.21 Å². The van der Waals surface area contributed by atoms with Crippen LogP contribution in [0.25, 0.3) is 0 Å². The normalized spacial score (nSPS) is 15.8. The molecule has 1 rings (SSSR count). The first kappa shape index (κ1) is 8.27. The van der Waals surface area contributed by atoms with E-state index in [1.54, 1.807) is 12.1 Å². The van der Waals surface area contributed by atoms with Gasteiger partial charge in [0.2, 0.25) is 0 Å². The highest BCUT2D eigenvalue weighted by Crippen LogP contribution is 2.13. The summed E-state index contributed by atoms with van der Waals surface area (Å²) >= 11 is 0. The molecule has 1 aromatic carbocycles. The van der Waals surface area contributed by atoms with E-state index >= 15 is 0 Å². The zero-order valence-electron chi connectivity index (χ0n) is 6.63. The van der Waals surface area contributed by atoms with Crippen LogP contribution >= 0.6 is 0 Å². The van der Waals surface area contributed by atoms with Gasteiger partial charge in [0.25, 0.3) is 0 Å². The molecular formula is C8H11NOS. The molecule has 1 N–H and O–H groups in total. The zero-order chi connectivity index (χ0) is 8.48. The third-order valence-corrected chi connectivity index (χ3v) is 2.81. The Kier molecular flexibility index (Phi) is 2.00. The van der Waals surface area contributed by atoms with Crippen LogP contribution in [0.15, 0.2) is 29.2 Å². The summed E-state index contributed by atoms with van der Waals surface area (Å²) in [6, 6.07) is 7.29. The van der Waals surface area contributed by atoms with Crippen molar-refractivity contribution in [2.75, 3.05) is 6.26 Å². The molecule has 2 nitrogen and oxygen atoms in total. The lowest BCUT2D eigenvalue weighted by atomic mass is 10.2. The maximum absolute atomic E-state index is 11.3. The number of hydrogen-bond donors (Lipinski definition) is 1. The van der Waals surface area contributed by atoms with E-state index in [0.717, 1.165) is 5.56 Å². The fourth-order valence-corrected chi connectivity index (χ4v) is 2.01. The second kappa shape index (κ2) is 2.66. The van der Waals surface area contributed by atoms with Crippen LogP contribution < -0.4 is 0 Å². The van der Waals surface area contributed by atoms with Gasteiger partial charge >= 0.3 is 0 Å². The summed E-state index contributed by atoms with van der Waals surface area (Å²) in [5, 5.41) is 0. The number of aryl methyl sites for hydroxylation is 1. The first-order chi connectivity index (χ1) is 5.02. The van der Waals surface area contributed by atoms with E-state index in [4.69, 9.17) is 4.78 Å². The van der Waals surface area contributed by atoms with Gasteiger partial charge in [-0.05, 0) is 18.6 Å². The van der Waals surface area contributed by atoms with Crippen molar-refractivity contribution in [3.05, 3.63) is 29.8 Å². The van der Waals surface area contributed by atoms with E-state index in [1.807, 2.05) is 19.1 Å². The van der Waals surface area contributed by atoms with E-state index in [2.05, 4.69) is 0 Å². The van der Waals surface area contributed by atoms with Gasteiger partial charge in [0, 0.05) is 11.2 Å². The van der Waals surface area contributed by atoms with Crippen LogP contribution in [0.3, 0.4) is 0 Å². The molecule has 0 aromatic heterocycles. The molecule has 0 saturated heterocycles. The maximum atomic E-state index is 11.3. The average Bonchev–Trinajstić information content (AvgIpc) is 1.86. The zero-order valence-corrected chi connectivity index (χ0v) is 7.44. The molecule has 3 heteroatoms. The monoisotopic (exact) mass is 169 g/mol. The smallest absolute Gasteiger partial charge is 0.0699 e. The minimum Gasteiger partial charge on any atom is -0.249 e. The lowest BCUT2D eigenvalue weighted by molar-refractivity contribution is 0.678. The number of hydrogen-bond acceptors (Lipinski definition) is 2. The molecule has 0 fully saturated rings. The van der Waals surface area contributed by atoms with Crippen LogP contribution in [0.1, 0.15) is 5.56 Å². The summed E-state index contributed by atoms with van der Waals surface area (Å²) in [4.78, 5) is 0.639. The number of rotatable bonds is 1. The molecule has 0 aliphatic heterocycles. The van der Waals surface area contributed by atoms with Crippen molar-refractivity contribution in [3.63, 3.8) is 0 Å². The SMILES string of the molecule is Cc1ccccc1[S@](C)(=N)=O. The van der Waals surface area contributed by atoms with Crippen LogP contribution in [-0.4, -0.2) is 10.5 Å². The highest BCUT2D eigenvalue weighted by Gasteiger charge is 2.04. The quantitative estimate of drug-likeness (QED) is 0.686. The van der Waals surface area contributed by atoms with Gasteiger partial charge in [-0.2, -0.15) is 0 Å². The Hall–Kier alpha value is -0.830. The summed E-state index contributed by atoms with van der Waals surface area (Å²) in [7, 11) is -2.53. The van der Waals surface area contributed by atoms with Crippen LogP contribution in [0.4, 0.5) is 0 Å². The molecule has 11 heavy (non-hydrogen) atoms. The summed E-state index contributed by atoms with van der Waals surface area (Å²) < 4.78 is 18.6. The predicted molar refractivity (Wildman–Crippen MR) is 46.2 cm³/mol. The lowest BCUT2D eigenvalue weighted by Crippen LogP contribution is -1.96. The van der Waals surface area contributed by atoms with Crippen LogP contribution in [0, 0.1) is 11.7 Å². The van der Waals surface area contributed by atoms with Gasteiger partial charge in [0.1, 0.15) is 0 Å². The minimum absolute atomic E-state index is 0.639. The Morgan fingerprint density at radius 3 is 2.27 bits per heavy atom. The van der Waals surface area contributed by atoms with Crippen molar-refractivity contribution in [2.24, 2.45) is 0 Å². The molecular weight excluding hydrogens is 158 g/mol. The largest absolute Gasteiger partial charge is 0.249 e. The van der Waals surface area contributed by atoms with Crippen LogP contribution in [-0.2, 0) is 9.73 Å². The second-order valence-corrected chi connectivity index (χ2v) is 4.74. The van der Waals surface area contributed by atoms with E-state index < -0.39 is 9.73 Å². The third kappa shape index (κ3) is 1.80. The molecule has 1 aromatic rings. The summed E-state index contributed by atoms with van der Waals surface area (Å²) in [6.07, 6.45) is 1.44. The van der Waals surface area contributed by atoms with Crippen LogP contribution in [0.2, 0.25) is 0 Å². The fourth-order valence-electron chi connectivity index (χ4n) is 0.993. The van der Waals surface area contributed by atoms with Gasteiger partial charge in [-0.25, -0.2) is 8.99 Å². The summed E-state index contributed by atoms with van der Waals surface area (Å²) in [5.74, 6) is 0. The lowest BCUT2D eigenvalue weighted by Gasteiger charge is -2.03. The fraction of sp³-hybridized carbons (Fsp3) is 0.250. The first-order valence-corrected chi connectivity index (χ1v) is 5.28. The number of nitrogens with one attached hydrogen (secondary N) is 1. The predicted octanol–water partition coefficient (Wildman–Crippen LogP) is 2.03. The van der Waals surface area contributed by atoms with Crippen molar-refractivity contribution >= 4 is 9.73 Å². The van der Waals surface area contributed by atoms with Crippen molar-refractivity contribution in [2.45, 2.75) is 11.8 Å². The second-order valence-electron chi connectivity index (χ2n) is 2.61. The highest BCUT2D eigenvalue weighted by molar-refractivity contribution is 7.91. The molecule has 0 amide bonds. The first-order valence-electron chi connectivity index (χ1n) is 3.31. The van der Waals surface area contributed by atoms with Gasteiger partial charge in [-0.1, -0.05) is 18.2 Å². The van der Waals surface area contributed by atoms with Crippen molar-refractivity contribution in [1.29, 1.82) is 4.78 Å². The molecule has 0 heterocycles. The molecule has 0 bridgehead atoms. The minimum atomic E-state index is -2.53. The Balaban J connectivity index is 3.37. The molecule has 60 valence electrons. The van der Waals surface area contributed by atoms with E-state index in [0.29, 0.717) is 4.90 Å². The van der Waals surface area contributed by atoms with Crippen molar-refractivity contribution in [3.8, 4) is 0 Å². The van der Waals surface area contributed by atoms with Gasteiger partial charge in [-0.15, -0.1) is 0 Å². The standard InChI is InChI=1S/C8H11NOS/c1-7-5-3-4-6-8(7)11(2,9)10/h3-6,9H,1-2H3/t11-/m1/s1. The van der Waals surface area contributed by atoms with E-state index in [1.165, 1.54) is 6.26 Å². The highest BCUT2D eigenvalue weighted by atomic mass is 32.2. The molecule has 0 spiro atoms. The van der Waals surface area contributed by atoms with Crippen LogP contribution in [0.5, 0.6) is 0 Å². The molecule has 0 aliphatic carbocycles. The Bertz CT molecular complexity index is 354. The summed E-state index contributed by atoms with van der Waals surface area (Å²) in [6.45, 7) is 1.87. The summed E-state index contributed by atoms with van der Waals surface area (Å²) in [5.41, 5.74) is 0.926. The van der Waals surface area contributed by atoms with E-state index in [9.17, 15) is 4.21 Å². The van der Waals surface area contributed by atoms with Crippen molar-refractivity contribution in [1.82, 2.24) is 0 Å². The Labute approximate surface area is 67.2 Å². The molecule has 0 radical (unpaired) electrons. The Morgan fingerprint density at radius 1 is 1.36 bits per heavy atom. The van der Waals surface area contributed by atoms with E-state index in [-0.39, 0.29) is 0 Å². The van der Waals surface area contributed by atoms with Gasteiger partial charge in [-0.3, -0.25) is 0 Å². The van der Waals surface area contributed by atoms with Gasteiger partial charge in [0.15, 0.2) is 0 Å². The molecule has 0 unspecified atom stereocenters. The number of benzene rings is 1. The maximum Gasteiger partial charge on any atom is 0.0699 e.